The molecule has 0 aliphatic carbocycles. The van der Waals surface area contributed by atoms with Gasteiger partial charge < -0.3 is 28.5 Å². The second-order valence-electron chi connectivity index (χ2n) is 22.0. The fraction of sp³-hybridized carbons (Fsp3) is 0.696. The van der Waals surface area contributed by atoms with Crippen molar-refractivity contribution in [2.75, 3.05) is 47.5 Å². The van der Waals surface area contributed by atoms with Crippen molar-refractivity contribution in [2.24, 2.45) is 0 Å². The van der Waals surface area contributed by atoms with Gasteiger partial charge in [-0.25, -0.2) is 4.79 Å². The second-order valence-corrected chi connectivity index (χ2v) is 22.0. The summed E-state index contributed by atoms with van der Waals surface area (Å²) in [5.74, 6) is -2.02. The van der Waals surface area contributed by atoms with Gasteiger partial charge in [-0.3, -0.25) is 9.59 Å². The van der Waals surface area contributed by atoms with Gasteiger partial charge in [0.2, 0.25) is 0 Å². The maximum atomic E-state index is 12.9. The number of carboxylic acid groups (broad SMARTS) is 1. The van der Waals surface area contributed by atoms with E-state index >= 15 is 0 Å². The van der Waals surface area contributed by atoms with Gasteiger partial charge in [-0.2, -0.15) is 0 Å². The van der Waals surface area contributed by atoms with Crippen molar-refractivity contribution in [1.29, 1.82) is 0 Å². The number of unbranched alkanes of at least 4 members (excludes halogenated alkanes) is 24. The van der Waals surface area contributed by atoms with Crippen LogP contribution in [0.2, 0.25) is 0 Å². The quantitative estimate of drug-likeness (QED) is 0.0211. The minimum absolute atomic E-state index is 0.182. The number of esters is 2. The third kappa shape index (κ3) is 59.6. The molecule has 9 heteroatoms. The first kappa shape index (κ1) is 74.0. The monoisotopic (exact) mass is 1090 g/mol. The number of ether oxygens (including phenoxy) is 4. The van der Waals surface area contributed by atoms with Crippen LogP contribution in [0, 0.1) is 0 Å². The zero-order valence-electron chi connectivity index (χ0n) is 50.8. The van der Waals surface area contributed by atoms with Crippen molar-refractivity contribution >= 4 is 17.9 Å². The zero-order chi connectivity index (χ0) is 56.9. The van der Waals surface area contributed by atoms with Crippen LogP contribution in [-0.2, 0) is 33.3 Å². The molecule has 0 saturated heterocycles. The summed E-state index contributed by atoms with van der Waals surface area (Å²) in [6.07, 6.45) is 78.9. The van der Waals surface area contributed by atoms with E-state index in [4.69, 9.17) is 18.9 Å². The van der Waals surface area contributed by atoms with Crippen LogP contribution in [0.4, 0.5) is 0 Å². The van der Waals surface area contributed by atoms with Crippen LogP contribution >= 0.6 is 0 Å². The molecule has 0 rings (SSSR count). The number of carbonyl (C=O) groups excluding carboxylic acids is 2. The Hall–Kier alpha value is -4.05. The highest BCUT2D eigenvalue weighted by Crippen LogP contribution is 2.16. The fourth-order valence-electron chi connectivity index (χ4n) is 8.48. The average Bonchev–Trinajstić information content (AvgIpc) is 3.41. The Labute approximate surface area is 479 Å². The molecule has 2 atom stereocenters. The number of carbonyl (C=O) groups is 3. The number of likely N-dealkylation sites (N-methyl/N-ethyl adjacent to an activating group) is 1. The number of aliphatic carboxylic acids is 1. The van der Waals surface area contributed by atoms with E-state index in [0.717, 1.165) is 103 Å². The van der Waals surface area contributed by atoms with Crippen LogP contribution in [0.1, 0.15) is 251 Å². The minimum atomic E-state index is -1.52. The first-order chi connectivity index (χ1) is 38.1. The number of hydrogen-bond acceptors (Lipinski definition) is 7. The summed E-state index contributed by atoms with van der Waals surface area (Å²) in [6.45, 7) is 4.76. The van der Waals surface area contributed by atoms with E-state index < -0.39 is 24.3 Å². The Morgan fingerprint density at radius 2 is 0.731 bits per heavy atom. The normalized spacial score (nSPS) is 13.5. The fourth-order valence-corrected chi connectivity index (χ4v) is 8.48. The van der Waals surface area contributed by atoms with E-state index in [9.17, 15) is 19.5 Å². The molecule has 78 heavy (non-hydrogen) atoms. The Kier molecular flexibility index (Phi) is 56.0. The number of quaternary nitrogens is 1. The SMILES string of the molecule is CC/C=C\C/C=C\C/C=C\C/C=C\C/C=C\C/C=C\C/C=C\C/C=C\C/C=C\CCCCCCCCCC(=O)OC(COC(=O)CCCCCCCCCCCCCCCCCCCC)COC(OCC[N+](C)(C)C)C(=O)O. The lowest BCUT2D eigenvalue weighted by molar-refractivity contribution is -0.870. The van der Waals surface area contributed by atoms with E-state index in [1.165, 1.54) is 116 Å². The average molecular weight is 1090 g/mol. The van der Waals surface area contributed by atoms with Crippen LogP contribution in [0.5, 0.6) is 0 Å². The summed E-state index contributed by atoms with van der Waals surface area (Å²) in [5, 5.41) is 9.72. The Bertz CT molecular complexity index is 1640. The third-order valence-electron chi connectivity index (χ3n) is 13.3. The lowest BCUT2D eigenvalue weighted by Crippen LogP contribution is -2.40. The molecule has 0 aromatic carbocycles. The van der Waals surface area contributed by atoms with Gasteiger partial charge in [0.1, 0.15) is 13.2 Å². The standard InChI is InChI=1S/C69H117NO8/c1-6-8-10-12-14-16-18-20-22-24-26-27-28-29-30-31-32-33-34-35-36-37-38-39-40-41-42-44-46-48-50-52-54-56-58-60-67(72)78-65(64-77-69(68(73)74)75-62-61-70(3,4)5)63-76-66(71)59-57-55-53-51-49-47-45-43-25-23-21-19-17-15-13-11-9-7-2/h8,10,14,16,20,22,26-27,29-30,32-33,35-36,38-39,41-42,65,69H,6-7,9,11-13,15,17-19,21,23-25,28,31,34,37,40,43-64H2,1-5H3/p+1/b10-8-,16-14-,22-20-,27-26-,30-29-,33-32-,36-35-,39-38-,42-41-. The molecule has 446 valence electrons. The maximum Gasteiger partial charge on any atom is 0.361 e. The molecule has 0 heterocycles. The second kappa shape index (κ2) is 59.1. The van der Waals surface area contributed by atoms with E-state index in [-0.39, 0.29) is 32.2 Å². The van der Waals surface area contributed by atoms with Crippen LogP contribution in [0.3, 0.4) is 0 Å². The summed E-state index contributed by atoms with van der Waals surface area (Å²) in [4.78, 5) is 37.5. The zero-order valence-corrected chi connectivity index (χ0v) is 50.8. The molecular formula is C69H118NO8+. The molecule has 2 unspecified atom stereocenters. The molecule has 1 N–H and O–H groups in total. The van der Waals surface area contributed by atoms with Gasteiger partial charge >= 0.3 is 17.9 Å². The highest BCUT2D eigenvalue weighted by molar-refractivity contribution is 5.71. The lowest BCUT2D eigenvalue weighted by Gasteiger charge is -2.25. The highest BCUT2D eigenvalue weighted by atomic mass is 16.7. The van der Waals surface area contributed by atoms with Gasteiger partial charge in [0.05, 0.1) is 34.4 Å². The smallest absolute Gasteiger partial charge is 0.361 e. The van der Waals surface area contributed by atoms with Crippen LogP contribution < -0.4 is 0 Å². The first-order valence-corrected chi connectivity index (χ1v) is 31.6. The molecule has 0 bridgehead atoms. The van der Waals surface area contributed by atoms with Crippen LogP contribution in [0.25, 0.3) is 0 Å². The molecule has 0 spiro atoms. The van der Waals surface area contributed by atoms with Crippen molar-refractivity contribution < 1.29 is 42.9 Å². The molecule has 0 saturated carbocycles. The Balaban J connectivity index is 4.23. The van der Waals surface area contributed by atoms with E-state index in [1.54, 1.807) is 0 Å². The number of allylic oxidation sites excluding steroid dienone is 18. The van der Waals surface area contributed by atoms with Crippen molar-refractivity contribution in [3.8, 4) is 0 Å². The van der Waals surface area contributed by atoms with Crippen molar-refractivity contribution in [1.82, 2.24) is 0 Å². The number of carboxylic acids is 1. The predicted octanol–water partition coefficient (Wildman–Crippen LogP) is 19.1. The molecule has 0 aliphatic rings. The summed E-state index contributed by atoms with van der Waals surface area (Å²) in [6, 6.07) is 0. The molecule has 0 aromatic rings. The van der Waals surface area contributed by atoms with Crippen LogP contribution in [0.15, 0.2) is 109 Å². The van der Waals surface area contributed by atoms with E-state index in [2.05, 4.69) is 123 Å². The minimum Gasteiger partial charge on any atom is -0.477 e. The predicted molar refractivity (Wildman–Crippen MR) is 332 cm³/mol. The van der Waals surface area contributed by atoms with Gasteiger partial charge in [0.25, 0.3) is 6.29 Å². The highest BCUT2D eigenvalue weighted by Gasteiger charge is 2.25. The molecule has 0 fully saturated rings. The van der Waals surface area contributed by atoms with E-state index in [1.807, 2.05) is 21.1 Å². The van der Waals surface area contributed by atoms with Gasteiger partial charge in [0, 0.05) is 12.8 Å². The van der Waals surface area contributed by atoms with Crippen LogP contribution in [-0.4, -0.2) is 87.4 Å². The van der Waals surface area contributed by atoms with Gasteiger partial charge in [-0.05, 0) is 83.5 Å². The van der Waals surface area contributed by atoms with Crippen molar-refractivity contribution in [3.63, 3.8) is 0 Å². The molecular weight excluding hydrogens is 971 g/mol. The summed E-state index contributed by atoms with van der Waals surface area (Å²) < 4.78 is 22.9. The third-order valence-corrected chi connectivity index (χ3v) is 13.3. The summed E-state index contributed by atoms with van der Waals surface area (Å²) >= 11 is 0. The Morgan fingerprint density at radius 3 is 1.09 bits per heavy atom. The Morgan fingerprint density at radius 1 is 0.397 bits per heavy atom. The largest absolute Gasteiger partial charge is 0.477 e. The lowest BCUT2D eigenvalue weighted by atomic mass is 10.0. The van der Waals surface area contributed by atoms with Gasteiger partial charge in [-0.15, -0.1) is 0 Å². The number of rotatable bonds is 57. The molecule has 9 nitrogen and oxygen atoms in total. The summed E-state index contributed by atoms with van der Waals surface area (Å²) in [7, 11) is 5.96. The van der Waals surface area contributed by atoms with Crippen molar-refractivity contribution in [2.45, 2.75) is 264 Å². The number of hydrogen-bond donors (Lipinski definition) is 1. The maximum absolute atomic E-state index is 12.9. The van der Waals surface area contributed by atoms with Gasteiger partial charge in [0.15, 0.2) is 6.10 Å². The van der Waals surface area contributed by atoms with Gasteiger partial charge in [-0.1, -0.05) is 264 Å². The molecule has 0 amide bonds. The number of nitrogens with zero attached hydrogens (tertiary/aromatic N) is 1. The molecule has 0 aliphatic heterocycles. The molecule has 0 radical (unpaired) electrons. The first-order valence-electron chi connectivity index (χ1n) is 31.6. The summed E-state index contributed by atoms with van der Waals surface area (Å²) in [5.41, 5.74) is 0. The topological polar surface area (TPSA) is 108 Å². The van der Waals surface area contributed by atoms with Crippen molar-refractivity contribution in [3.05, 3.63) is 109 Å². The molecule has 0 aromatic heterocycles. The van der Waals surface area contributed by atoms with E-state index in [0.29, 0.717) is 23.9 Å².